The Labute approximate surface area is 143 Å². The van der Waals surface area contributed by atoms with Crippen LogP contribution in [0.4, 0.5) is 5.69 Å². The highest BCUT2D eigenvalue weighted by molar-refractivity contribution is 6.32. The van der Waals surface area contributed by atoms with Gasteiger partial charge in [-0.1, -0.05) is 25.4 Å². The van der Waals surface area contributed by atoms with Crippen LogP contribution in [0, 0.1) is 5.92 Å². The summed E-state index contributed by atoms with van der Waals surface area (Å²) in [5.41, 5.74) is -0.278. The van der Waals surface area contributed by atoms with Crippen molar-refractivity contribution in [1.29, 1.82) is 0 Å². The average Bonchev–Trinajstić information content (AvgIpc) is 2.48. The molecule has 1 atom stereocenters. The van der Waals surface area contributed by atoms with Crippen molar-refractivity contribution in [3.05, 3.63) is 23.2 Å². The molecule has 0 fully saturated rings. The molecule has 0 bridgehead atoms. The number of ether oxygens (including phenoxy) is 3. The van der Waals surface area contributed by atoms with Gasteiger partial charge in [0.2, 0.25) is 0 Å². The molecule has 0 aromatic heterocycles. The van der Waals surface area contributed by atoms with E-state index in [1.807, 2.05) is 13.8 Å². The van der Waals surface area contributed by atoms with E-state index in [0.717, 1.165) is 0 Å². The summed E-state index contributed by atoms with van der Waals surface area (Å²) in [6.45, 7) is 6.78. The summed E-state index contributed by atoms with van der Waals surface area (Å²) >= 11 is 6.18. The van der Waals surface area contributed by atoms with Crippen LogP contribution in [0.15, 0.2) is 18.2 Å². The summed E-state index contributed by atoms with van der Waals surface area (Å²) in [7, 11) is 3.15. The third kappa shape index (κ3) is 6.01. The zero-order chi connectivity index (χ0) is 17.5. The Bertz CT molecular complexity index is 521. The zero-order valence-electron chi connectivity index (χ0n) is 14.4. The van der Waals surface area contributed by atoms with Crippen molar-refractivity contribution in [3.63, 3.8) is 0 Å². The molecular formula is C17H26ClNO4. The van der Waals surface area contributed by atoms with Crippen LogP contribution < -0.4 is 10.1 Å². The molecule has 0 heterocycles. The van der Waals surface area contributed by atoms with Gasteiger partial charge in [0.15, 0.2) is 0 Å². The van der Waals surface area contributed by atoms with Crippen molar-refractivity contribution in [2.75, 3.05) is 32.8 Å². The van der Waals surface area contributed by atoms with E-state index < -0.39 is 5.60 Å². The zero-order valence-corrected chi connectivity index (χ0v) is 15.2. The van der Waals surface area contributed by atoms with Gasteiger partial charge in [-0.2, -0.15) is 0 Å². The maximum atomic E-state index is 12.5. The molecular weight excluding hydrogens is 318 g/mol. The molecule has 1 aromatic carbocycles. The quantitative estimate of drug-likeness (QED) is 0.694. The lowest BCUT2D eigenvalue weighted by molar-refractivity contribution is -0.137. The molecule has 0 aliphatic heterocycles. The first-order chi connectivity index (χ1) is 10.8. The molecule has 23 heavy (non-hydrogen) atoms. The second-order valence-electron chi connectivity index (χ2n) is 5.97. The molecule has 1 unspecified atom stereocenters. The van der Waals surface area contributed by atoms with E-state index in [9.17, 15) is 4.79 Å². The fraction of sp³-hybridized carbons (Fsp3) is 0.588. The Morgan fingerprint density at radius 3 is 2.52 bits per heavy atom. The molecule has 1 rings (SSSR count). The Kier molecular flexibility index (Phi) is 7.82. The first-order valence-corrected chi connectivity index (χ1v) is 7.98. The summed E-state index contributed by atoms with van der Waals surface area (Å²) in [4.78, 5) is 12.5. The summed E-state index contributed by atoms with van der Waals surface area (Å²) in [6.07, 6.45) is 0.626. The van der Waals surface area contributed by atoms with Crippen LogP contribution in [0.1, 0.15) is 27.2 Å². The maximum Gasteiger partial charge on any atom is 0.256 e. The molecule has 1 N–H and O–H groups in total. The molecule has 5 nitrogen and oxygen atoms in total. The van der Waals surface area contributed by atoms with E-state index >= 15 is 0 Å². The number of methoxy groups -OCH3 is 2. The SMILES string of the molecule is COCCOc1ccc(NC(=O)C(C)(CC(C)C)OC)cc1Cl. The van der Waals surface area contributed by atoms with Gasteiger partial charge in [-0.25, -0.2) is 0 Å². The van der Waals surface area contributed by atoms with Crippen LogP contribution in [0.25, 0.3) is 0 Å². The molecule has 1 aromatic rings. The Hall–Kier alpha value is -1.30. The van der Waals surface area contributed by atoms with Crippen molar-refractivity contribution in [1.82, 2.24) is 0 Å². The van der Waals surface area contributed by atoms with Crippen molar-refractivity contribution in [2.24, 2.45) is 5.92 Å². The number of carbonyl (C=O) groups is 1. The van der Waals surface area contributed by atoms with Crippen LogP contribution in [-0.4, -0.2) is 38.9 Å². The first-order valence-electron chi connectivity index (χ1n) is 7.60. The number of rotatable bonds is 9. The second-order valence-corrected chi connectivity index (χ2v) is 6.38. The molecule has 0 saturated heterocycles. The average molecular weight is 344 g/mol. The Balaban J connectivity index is 2.76. The molecule has 0 saturated carbocycles. The summed E-state index contributed by atoms with van der Waals surface area (Å²) < 4.78 is 15.8. The number of nitrogens with one attached hydrogen (secondary N) is 1. The van der Waals surface area contributed by atoms with Crippen molar-refractivity contribution < 1.29 is 19.0 Å². The minimum absolute atomic E-state index is 0.196. The highest BCUT2D eigenvalue weighted by Crippen LogP contribution is 2.29. The summed E-state index contributed by atoms with van der Waals surface area (Å²) in [6, 6.07) is 5.13. The monoisotopic (exact) mass is 343 g/mol. The number of amides is 1. The van der Waals surface area contributed by atoms with Crippen molar-refractivity contribution in [3.8, 4) is 5.75 Å². The lowest BCUT2D eigenvalue weighted by Crippen LogP contribution is -2.43. The van der Waals surface area contributed by atoms with E-state index in [2.05, 4.69) is 5.32 Å². The number of hydrogen-bond donors (Lipinski definition) is 1. The fourth-order valence-corrected chi connectivity index (χ4v) is 2.48. The van der Waals surface area contributed by atoms with E-state index in [1.165, 1.54) is 0 Å². The number of carbonyl (C=O) groups excluding carboxylic acids is 1. The third-order valence-electron chi connectivity index (χ3n) is 3.46. The molecule has 6 heteroatoms. The topological polar surface area (TPSA) is 56.8 Å². The second kappa shape index (κ2) is 9.11. The van der Waals surface area contributed by atoms with Gasteiger partial charge in [0, 0.05) is 19.9 Å². The van der Waals surface area contributed by atoms with Gasteiger partial charge in [-0.05, 0) is 37.5 Å². The van der Waals surface area contributed by atoms with E-state index in [-0.39, 0.29) is 5.91 Å². The molecule has 1 amide bonds. The van der Waals surface area contributed by atoms with Crippen LogP contribution in [0.5, 0.6) is 5.75 Å². The smallest absolute Gasteiger partial charge is 0.256 e. The molecule has 0 aliphatic rings. The minimum atomic E-state index is -0.881. The predicted molar refractivity (Wildman–Crippen MR) is 92.3 cm³/mol. The number of benzene rings is 1. The predicted octanol–water partition coefficient (Wildman–Crippen LogP) is 3.75. The standard InChI is InChI=1S/C17H26ClNO4/c1-12(2)11-17(3,22-5)16(20)19-13-6-7-15(14(18)10-13)23-9-8-21-4/h6-7,10,12H,8-9,11H2,1-5H3,(H,19,20). The van der Waals surface area contributed by atoms with Crippen LogP contribution in [0.3, 0.4) is 0 Å². The lowest BCUT2D eigenvalue weighted by Gasteiger charge is -2.28. The normalized spacial score (nSPS) is 13.7. The van der Waals surface area contributed by atoms with Gasteiger partial charge in [0.1, 0.15) is 18.0 Å². The first kappa shape index (κ1) is 19.7. The molecule has 0 spiro atoms. The van der Waals surface area contributed by atoms with Gasteiger partial charge < -0.3 is 19.5 Å². The van der Waals surface area contributed by atoms with E-state index in [0.29, 0.717) is 42.0 Å². The van der Waals surface area contributed by atoms with Crippen molar-refractivity contribution >= 4 is 23.2 Å². The Morgan fingerprint density at radius 1 is 1.30 bits per heavy atom. The number of hydrogen-bond acceptors (Lipinski definition) is 4. The minimum Gasteiger partial charge on any atom is -0.490 e. The van der Waals surface area contributed by atoms with Gasteiger partial charge in [-0.15, -0.1) is 0 Å². The van der Waals surface area contributed by atoms with Gasteiger partial charge >= 0.3 is 0 Å². The molecule has 0 radical (unpaired) electrons. The Morgan fingerprint density at radius 2 is 2.00 bits per heavy atom. The lowest BCUT2D eigenvalue weighted by atomic mass is 9.93. The highest BCUT2D eigenvalue weighted by atomic mass is 35.5. The van der Waals surface area contributed by atoms with E-state index in [4.69, 9.17) is 25.8 Å². The van der Waals surface area contributed by atoms with E-state index in [1.54, 1.807) is 39.3 Å². The van der Waals surface area contributed by atoms with Gasteiger partial charge in [-0.3, -0.25) is 4.79 Å². The highest BCUT2D eigenvalue weighted by Gasteiger charge is 2.33. The molecule has 0 aliphatic carbocycles. The maximum absolute atomic E-state index is 12.5. The van der Waals surface area contributed by atoms with Gasteiger partial charge in [0.05, 0.1) is 11.6 Å². The largest absolute Gasteiger partial charge is 0.490 e. The fourth-order valence-electron chi connectivity index (χ4n) is 2.24. The third-order valence-corrected chi connectivity index (χ3v) is 3.76. The van der Waals surface area contributed by atoms with Crippen LogP contribution in [0.2, 0.25) is 5.02 Å². The number of halogens is 1. The van der Waals surface area contributed by atoms with Crippen LogP contribution >= 0.6 is 11.6 Å². The summed E-state index contributed by atoms with van der Waals surface area (Å²) in [5, 5.41) is 3.28. The van der Waals surface area contributed by atoms with Gasteiger partial charge in [0.25, 0.3) is 5.91 Å². The van der Waals surface area contributed by atoms with Crippen molar-refractivity contribution in [2.45, 2.75) is 32.8 Å². The summed E-state index contributed by atoms with van der Waals surface area (Å²) in [5.74, 6) is 0.696. The molecule has 130 valence electrons. The van der Waals surface area contributed by atoms with Crippen LogP contribution in [-0.2, 0) is 14.3 Å². The number of anilines is 1.